The molecule has 0 unspecified atom stereocenters. The molecule has 3 heterocycles. The molecule has 1 N–H and O–H groups in total. The number of oxazole rings is 1. The first kappa shape index (κ1) is 15.5. The monoisotopic (exact) mass is 358 g/mol. The molecule has 1 atom stereocenters. The summed E-state index contributed by atoms with van der Waals surface area (Å²) in [5, 5.41) is 17.2. The summed E-state index contributed by atoms with van der Waals surface area (Å²) in [6, 6.07) is 7.79. The Balaban J connectivity index is 1.49. The first-order chi connectivity index (χ1) is 13.3. The predicted octanol–water partition coefficient (Wildman–Crippen LogP) is 3.34. The second-order valence-corrected chi connectivity index (χ2v) is 6.34. The molecule has 0 amide bonds. The van der Waals surface area contributed by atoms with Crippen LogP contribution in [0.3, 0.4) is 0 Å². The van der Waals surface area contributed by atoms with Crippen LogP contribution in [0.4, 0.5) is 0 Å². The summed E-state index contributed by atoms with van der Waals surface area (Å²) in [5.41, 5.74) is 3.57. The van der Waals surface area contributed by atoms with Crippen molar-refractivity contribution in [3.63, 3.8) is 0 Å². The maximum Gasteiger partial charge on any atom is 0.181 e. The van der Waals surface area contributed by atoms with Crippen molar-refractivity contribution < 1.29 is 9.15 Å². The number of aromatic amines is 1. The van der Waals surface area contributed by atoms with Gasteiger partial charge in [-0.15, -0.1) is 0 Å². The third-order valence-electron chi connectivity index (χ3n) is 4.65. The van der Waals surface area contributed by atoms with Crippen molar-refractivity contribution >= 4 is 10.9 Å². The van der Waals surface area contributed by atoms with Crippen LogP contribution in [-0.2, 0) is 6.42 Å². The number of rotatable bonds is 3. The lowest BCUT2D eigenvalue weighted by Crippen LogP contribution is -2.18. The Morgan fingerprint density at radius 1 is 1.30 bits per heavy atom. The maximum absolute atomic E-state index is 9.02. The lowest BCUT2D eigenvalue weighted by atomic mass is 9.97. The number of nitrogens with zero attached hydrogens (tertiary/aromatic N) is 5. The van der Waals surface area contributed by atoms with Gasteiger partial charge in [0.1, 0.15) is 29.3 Å². The number of aryl methyl sites for hydroxylation is 1. The highest BCUT2D eigenvalue weighted by molar-refractivity contribution is 5.92. The van der Waals surface area contributed by atoms with E-state index in [0.717, 1.165) is 41.6 Å². The molecule has 8 nitrogen and oxygen atoms in total. The van der Waals surface area contributed by atoms with E-state index < -0.39 is 0 Å². The maximum atomic E-state index is 9.02. The van der Waals surface area contributed by atoms with Crippen molar-refractivity contribution in [2.45, 2.75) is 25.4 Å². The Labute approximate surface area is 153 Å². The van der Waals surface area contributed by atoms with Crippen molar-refractivity contribution in [3.8, 4) is 23.3 Å². The fraction of sp³-hybridized carbons (Fsp3) is 0.211. The molecule has 0 bridgehead atoms. The first-order valence-electron chi connectivity index (χ1n) is 8.61. The van der Waals surface area contributed by atoms with E-state index in [1.165, 1.54) is 12.6 Å². The molecule has 1 aromatic carbocycles. The fourth-order valence-electron chi connectivity index (χ4n) is 3.40. The minimum Gasteiger partial charge on any atom is -0.484 e. The van der Waals surface area contributed by atoms with E-state index in [0.29, 0.717) is 22.9 Å². The van der Waals surface area contributed by atoms with E-state index in [-0.39, 0.29) is 6.10 Å². The smallest absolute Gasteiger partial charge is 0.181 e. The quantitative estimate of drug-likeness (QED) is 0.597. The van der Waals surface area contributed by atoms with E-state index in [9.17, 15) is 0 Å². The molecular weight excluding hydrogens is 344 g/mol. The number of H-pyrrole nitrogens is 1. The van der Waals surface area contributed by atoms with E-state index in [1.807, 2.05) is 24.3 Å². The lowest BCUT2D eigenvalue weighted by Gasteiger charge is -2.24. The highest BCUT2D eigenvalue weighted by atomic mass is 16.5. The number of hydrogen-bond donors (Lipinski definition) is 1. The van der Waals surface area contributed by atoms with Gasteiger partial charge in [0.2, 0.25) is 0 Å². The first-order valence-corrected chi connectivity index (χ1v) is 8.61. The van der Waals surface area contributed by atoms with Gasteiger partial charge in [0.25, 0.3) is 0 Å². The zero-order chi connectivity index (χ0) is 18.2. The van der Waals surface area contributed by atoms with E-state index >= 15 is 0 Å². The van der Waals surface area contributed by atoms with Crippen LogP contribution in [0.1, 0.15) is 36.0 Å². The topological polar surface area (TPSA) is 114 Å². The Kier molecular flexibility index (Phi) is 3.57. The van der Waals surface area contributed by atoms with Gasteiger partial charge in [-0.2, -0.15) is 10.4 Å². The van der Waals surface area contributed by atoms with Crippen LogP contribution >= 0.6 is 0 Å². The fourth-order valence-corrected chi connectivity index (χ4v) is 3.40. The van der Waals surface area contributed by atoms with Gasteiger partial charge >= 0.3 is 0 Å². The zero-order valence-corrected chi connectivity index (χ0v) is 14.2. The van der Waals surface area contributed by atoms with Gasteiger partial charge in [0.05, 0.1) is 23.6 Å². The highest BCUT2D eigenvalue weighted by Gasteiger charge is 2.25. The largest absolute Gasteiger partial charge is 0.484 e. The van der Waals surface area contributed by atoms with Crippen molar-refractivity contribution in [1.82, 2.24) is 25.1 Å². The molecule has 4 aromatic rings. The Morgan fingerprint density at radius 3 is 3.11 bits per heavy atom. The minimum absolute atomic E-state index is 0.188. The molecule has 0 fully saturated rings. The molecule has 0 spiro atoms. The normalized spacial score (nSPS) is 16.0. The Morgan fingerprint density at radius 2 is 2.26 bits per heavy atom. The van der Waals surface area contributed by atoms with Gasteiger partial charge in [-0.05, 0) is 37.5 Å². The molecule has 1 aliphatic rings. The standard InChI is InChI=1S/C19H14N6O2/c20-7-11-8-22-19-15(23-11)2-1-3-16(19)27-12-4-5-14-13(6-12)18(25-24-14)17-9-21-10-26-17/h4-6,8-10,16H,1-3H2,(H,24,25)/t16-/m0/s1. The summed E-state index contributed by atoms with van der Waals surface area (Å²) in [6.07, 6.45) is 6.93. The Bertz CT molecular complexity index is 1160. The number of ether oxygens (including phenoxy) is 1. The molecular formula is C19H14N6O2. The number of hydrogen-bond acceptors (Lipinski definition) is 7. The summed E-state index contributed by atoms with van der Waals surface area (Å²) >= 11 is 0. The molecule has 1 aliphatic carbocycles. The van der Waals surface area contributed by atoms with Crippen LogP contribution in [0, 0.1) is 11.3 Å². The molecule has 0 saturated carbocycles. The highest BCUT2D eigenvalue weighted by Crippen LogP contribution is 2.34. The van der Waals surface area contributed by atoms with Crippen molar-refractivity contribution in [2.24, 2.45) is 0 Å². The minimum atomic E-state index is -0.188. The number of benzene rings is 1. The predicted molar refractivity (Wildman–Crippen MR) is 94.6 cm³/mol. The molecule has 132 valence electrons. The molecule has 3 aromatic heterocycles. The van der Waals surface area contributed by atoms with Crippen molar-refractivity contribution in [2.75, 3.05) is 0 Å². The van der Waals surface area contributed by atoms with Crippen LogP contribution in [-0.4, -0.2) is 25.1 Å². The van der Waals surface area contributed by atoms with Crippen molar-refractivity contribution in [1.29, 1.82) is 5.26 Å². The third-order valence-corrected chi connectivity index (χ3v) is 4.65. The second kappa shape index (κ2) is 6.21. The lowest BCUT2D eigenvalue weighted by molar-refractivity contribution is 0.177. The van der Waals surface area contributed by atoms with Gasteiger partial charge in [0, 0.05) is 5.39 Å². The van der Waals surface area contributed by atoms with Crippen LogP contribution in [0.2, 0.25) is 0 Å². The van der Waals surface area contributed by atoms with Gasteiger partial charge in [0.15, 0.2) is 17.8 Å². The zero-order valence-electron chi connectivity index (χ0n) is 14.2. The van der Waals surface area contributed by atoms with Gasteiger partial charge in [-0.25, -0.2) is 9.97 Å². The summed E-state index contributed by atoms with van der Waals surface area (Å²) in [5.74, 6) is 1.31. The van der Waals surface area contributed by atoms with Gasteiger partial charge in [-0.1, -0.05) is 0 Å². The molecule has 5 rings (SSSR count). The summed E-state index contributed by atoms with van der Waals surface area (Å²) < 4.78 is 11.6. The average Bonchev–Trinajstić information content (AvgIpc) is 3.37. The van der Waals surface area contributed by atoms with Gasteiger partial charge in [-0.3, -0.25) is 10.1 Å². The summed E-state index contributed by atoms with van der Waals surface area (Å²) in [7, 11) is 0. The van der Waals surface area contributed by atoms with Crippen molar-refractivity contribution in [3.05, 3.63) is 54.1 Å². The summed E-state index contributed by atoms with van der Waals surface area (Å²) in [6.45, 7) is 0. The number of nitrogens with one attached hydrogen (secondary N) is 1. The molecule has 27 heavy (non-hydrogen) atoms. The number of fused-ring (bicyclic) bond motifs is 2. The number of aromatic nitrogens is 5. The van der Waals surface area contributed by atoms with E-state index in [1.54, 1.807) is 6.20 Å². The summed E-state index contributed by atoms with van der Waals surface area (Å²) in [4.78, 5) is 12.8. The SMILES string of the molecule is N#Cc1cnc2c(n1)CCC[C@@H]2Oc1ccc2[nH]nc(-c3cnco3)c2c1. The third kappa shape index (κ3) is 2.69. The van der Waals surface area contributed by atoms with Crippen LogP contribution in [0.5, 0.6) is 5.75 Å². The van der Waals surface area contributed by atoms with Gasteiger partial charge < -0.3 is 9.15 Å². The second-order valence-electron chi connectivity index (χ2n) is 6.34. The van der Waals surface area contributed by atoms with Crippen LogP contribution < -0.4 is 4.74 Å². The average molecular weight is 358 g/mol. The molecule has 8 heteroatoms. The van der Waals surface area contributed by atoms with Crippen LogP contribution in [0.25, 0.3) is 22.4 Å². The molecule has 0 radical (unpaired) electrons. The van der Waals surface area contributed by atoms with Crippen LogP contribution in [0.15, 0.2) is 41.4 Å². The number of nitriles is 1. The molecule has 0 saturated heterocycles. The van der Waals surface area contributed by atoms with E-state index in [4.69, 9.17) is 14.4 Å². The van der Waals surface area contributed by atoms with E-state index in [2.05, 4.69) is 25.1 Å². The molecule has 0 aliphatic heterocycles. The Hall–Kier alpha value is -3.73.